The summed E-state index contributed by atoms with van der Waals surface area (Å²) in [5.41, 5.74) is 7.19. The van der Waals surface area contributed by atoms with Crippen molar-refractivity contribution in [3.05, 3.63) is 72.1 Å². The number of para-hydroxylation sites is 1. The topological polar surface area (TPSA) is 110 Å². The zero-order chi connectivity index (χ0) is 21.5. The number of hydrogen-bond donors (Lipinski definition) is 3. The Kier molecular flexibility index (Phi) is 6.75. The number of hydrogen-bond acceptors (Lipinski definition) is 5. The first-order valence-corrected chi connectivity index (χ1v) is 9.76. The maximum Gasteiger partial charge on any atom is 0.244 e. The van der Waals surface area contributed by atoms with Crippen LogP contribution in [0.2, 0.25) is 0 Å². The molecule has 3 aromatic rings. The lowest BCUT2D eigenvalue weighted by atomic mass is 10.0. The van der Waals surface area contributed by atoms with Crippen LogP contribution in [0.25, 0.3) is 17.0 Å². The van der Waals surface area contributed by atoms with Crippen molar-refractivity contribution in [1.82, 2.24) is 15.3 Å². The summed E-state index contributed by atoms with van der Waals surface area (Å²) in [7, 11) is 0. The van der Waals surface area contributed by atoms with E-state index in [0.717, 1.165) is 10.9 Å². The molecule has 1 heterocycles. The Morgan fingerprint density at radius 1 is 1.03 bits per heavy atom. The molecule has 0 spiro atoms. The third-order valence-electron chi connectivity index (χ3n) is 4.56. The molecule has 30 heavy (non-hydrogen) atoms. The van der Waals surface area contributed by atoms with Gasteiger partial charge in [0, 0.05) is 11.5 Å². The van der Waals surface area contributed by atoms with E-state index >= 15 is 0 Å². The Balaban J connectivity index is 1.78. The lowest BCUT2D eigenvalue weighted by Crippen LogP contribution is -2.40. The van der Waals surface area contributed by atoms with Crippen LogP contribution in [0, 0.1) is 5.92 Å². The highest BCUT2D eigenvalue weighted by Gasteiger charge is 2.21. The molecule has 2 amide bonds. The molecule has 0 unspecified atom stereocenters. The van der Waals surface area contributed by atoms with Gasteiger partial charge in [0.15, 0.2) is 5.82 Å². The van der Waals surface area contributed by atoms with Gasteiger partial charge in [-0.15, -0.1) is 0 Å². The highest BCUT2D eigenvalue weighted by Crippen LogP contribution is 2.22. The smallest absolute Gasteiger partial charge is 0.244 e. The van der Waals surface area contributed by atoms with Gasteiger partial charge in [0.25, 0.3) is 0 Å². The van der Waals surface area contributed by atoms with Crippen molar-refractivity contribution in [2.75, 3.05) is 5.32 Å². The van der Waals surface area contributed by atoms with E-state index in [1.165, 1.54) is 6.08 Å². The summed E-state index contributed by atoms with van der Waals surface area (Å²) in [6, 6.07) is 16.5. The van der Waals surface area contributed by atoms with Crippen LogP contribution in [0.3, 0.4) is 0 Å². The Morgan fingerprint density at radius 3 is 2.43 bits per heavy atom. The van der Waals surface area contributed by atoms with E-state index < -0.39 is 11.9 Å². The number of carbonyl (C=O) groups excluding carboxylic acids is 2. The molecule has 2 aromatic carbocycles. The fraction of sp³-hybridized carbons (Fsp3) is 0.217. The minimum Gasteiger partial charge on any atom is -0.368 e. The Bertz CT molecular complexity index is 1060. The molecule has 7 nitrogen and oxygen atoms in total. The Morgan fingerprint density at radius 2 is 1.73 bits per heavy atom. The number of rotatable bonds is 8. The van der Waals surface area contributed by atoms with Crippen LogP contribution in [-0.2, 0) is 16.1 Å². The number of carbonyl (C=O) groups is 2. The molecule has 0 aliphatic rings. The maximum absolute atomic E-state index is 12.2. The van der Waals surface area contributed by atoms with Crippen molar-refractivity contribution in [3.8, 4) is 0 Å². The molecule has 0 saturated carbocycles. The Hall–Kier alpha value is -3.74. The van der Waals surface area contributed by atoms with Crippen LogP contribution in [0.1, 0.15) is 25.2 Å². The van der Waals surface area contributed by atoms with E-state index in [-0.39, 0.29) is 18.4 Å². The van der Waals surface area contributed by atoms with Crippen LogP contribution in [0.4, 0.5) is 5.82 Å². The number of fused-ring (bicyclic) bond motifs is 1. The van der Waals surface area contributed by atoms with E-state index in [1.807, 2.05) is 68.4 Å². The molecule has 0 aliphatic carbocycles. The van der Waals surface area contributed by atoms with Crippen LogP contribution in [-0.4, -0.2) is 27.8 Å². The first-order valence-electron chi connectivity index (χ1n) is 9.76. The lowest BCUT2D eigenvalue weighted by Gasteiger charge is -2.21. The summed E-state index contributed by atoms with van der Waals surface area (Å²) in [4.78, 5) is 33.0. The molecule has 0 saturated heterocycles. The molecular weight excluding hydrogens is 378 g/mol. The second-order valence-corrected chi connectivity index (χ2v) is 7.24. The summed E-state index contributed by atoms with van der Waals surface area (Å²) in [5, 5.41) is 6.71. The lowest BCUT2D eigenvalue weighted by molar-refractivity contribution is -0.119. The maximum atomic E-state index is 12.2. The van der Waals surface area contributed by atoms with Gasteiger partial charge in [0.05, 0.1) is 12.1 Å². The number of nitrogens with one attached hydrogen (secondary N) is 2. The summed E-state index contributed by atoms with van der Waals surface area (Å²) < 4.78 is 0. The van der Waals surface area contributed by atoms with Gasteiger partial charge in [-0.2, -0.15) is 0 Å². The second kappa shape index (κ2) is 9.65. The number of aromatic nitrogens is 2. The van der Waals surface area contributed by atoms with Gasteiger partial charge in [0.2, 0.25) is 11.8 Å². The first kappa shape index (κ1) is 21.0. The van der Waals surface area contributed by atoms with E-state index in [9.17, 15) is 9.59 Å². The third-order valence-corrected chi connectivity index (χ3v) is 4.56. The van der Waals surface area contributed by atoms with Gasteiger partial charge in [-0.1, -0.05) is 56.3 Å². The predicted octanol–water partition coefficient (Wildman–Crippen LogP) is 2.88. The van der Waals surface area contributed by atoms with E-state index in [0.29, 0.717) is 17.2 Å². The van der Waals surface area contributed by atoms with E-state index in [1.54, 1.807) is 6.08 Å². The predicted molar refractivity (Wildman–Crippen MR) is 118 cm³/mol. The fourth-order valence-electron chi connectivity index (χ4n) is 2.99. The number of benzene rings is 2. The van der Waals surface area contributed by atoms with Crippen molar-refractivity contribution < 1.29 is 9.59 Å². The first-order chi connectivity index (χ1) is 14.4. The number of amides is 2. The summed E-state index contributed by atoms with van der Waals surface area (Å²) in [6.45, 7) is 3.97. The monoisotopic (exact) mass is 403 g/mol. The van der Waals surface area contributed by atoms with E-state index in [2.05, 4.69) is 20.6 Å². The quantitative estimate of drug-likeness (QED) is 0.501. The summed E-state index contributed by atoms with van der Waals surface area (Å²) in [5.74, 6) is 0.241. The standard InChI is InChI=1S/C23H25N5O2/c1-15(2)21(22(24)30)28-23-17-10-6-7-11-18(17)26-19(27-23)14-25-20(29)13-12-16-8-4-3-5-9-16/h3-13,15,21H,14H2,1-2H3,(H2,24,30)(H,25,29)(H,26,27,28)/b13-12+/t21-/m0/s1. The largest absolute Gasteiger partial charge is 0.368 e. The average molecular weight is 403 g/mol. The van der Waals surface area contributed by atoms with Gasteiger partial charge in [-0.3, -0.25) is 9.59 Å². The molecule has 0 fully saturated rings. The molecule has 0 bridgehead atoms. The van der Waals surface area contributed by atoms with Crippen molar-refractivity contribution in [3.63, 3.8) is 0 Å². The van der Waals surface area contributed by atoms with Crippen LogP contribution in [0.5, 0.6) is 0 Å². The number of anilines is 1. The van der Waals surface area contributed by atoms with Crippen LogP contribution in [0.15, 0.2) is 60.7 Å². The SMILES string of the molecule is CC(C)[C@H](Nc1nc(CNC(=O)/C=C/c2ccccc2)nc2ccccc12)C(N)=O. The number of nitrogens with zero attached hydrogens (tertiary/aromatic N) is 2. The van der Waals surface area contributed by atoms with Crippen molar-refractivity contribution >= 4 is 34.6 Å². The fourth-order valence-corrected chi connectivity index (χ4v) is 2.99. The van der Waals surface area contributed by atoms with Gasteiger partial charge in [-0.25, -0.2) is 9.97 Å². The second-order valence-electron chi connectivity index (χ2n) is 7.24. The Labute approximate surface area is 175 Å². The molecule has 3 rings (SSSR count). The average Bonchev–Trinajstić information content (AvgIpc) is 2.74. The van der Waals surface area contributed by atoms with Gasteiger partial charge in [0.1, 0.15) is 11.9 Å². The highest BCUT2D eigenvalue weighted by molar-refractivity contribution is 5.93. The van der Waals surface area contributed by atoms with Crippen molar-refractivity contribution in [1.29, 1.82) is 0 Å². The molecule has 0 aliphatic heterocycles. The zero-order valence-electron chi connectivity index (χ0n) is 17.0. The molecule has 1 atom stereocenters. The zero-order valence-corrected chi connectivity index (χ0v) is 17.0. The van der Waals surface area contributed by atoms with E-state index in [4.69, 9.17) is 5.73 Å². The van der Waals surface area contributed by atoms with Gasteiger partial charge in [-0.05, 0) is 29.7 Å². The summed E-state index contributed by atoms with van der Waals surface area (Å²) >= 11 is 0. The van der Waals surface area contributed by atoms with Crippen LogP contribution >= 0.6 is 0 Å². The molecule has 7 heteroatoms. The van der Waals surface area contributed by atoms with Gasteiger partial charge >= 0.3 is 0 Å². The highest BCUT2D eigenvalue weighted by atomic mass is 16.2. The van der Waals surface area contributed by atoms with Crippen molar-refractivity contribution in [2.45, 2.75) is 26.4 Å². The van der Waals surface area contributed by atoms with Crippen molar-refractivity contribution in [2.24, 2.45) is 11.7 Å². The molecule has 0 radical (unpaired) electrons. The molecule has 4 N–H and O–H groups in total. The van der Waals surface area contributed by atoms with Crippen LogP contribution < -0.4 is 16.4 Å². The number of primary amides is 1. The molecule has 1 aromatic heterocycles. The summed E-state index contributed by atoms with van der Waals surface area (Å²) in [6.07, 6.45) is 3.21. The minimum absolute atomic E-state index is 0.0116. The normalized spacial score (nSPS) is 12.2. The third kappa shape index (κ3) is 5.41. The molecule has 154 valence electrons. The minimum atomic E-state index is -0.570. The van der Waals surface area contributed by atoms with Gasteiger partial charge < -0.3 is 16.4 Å². The molecular formula is C23H25N5O2. The number of nitrogens with two attached hydrogens (primary N) is 1.